The third-order valence-electron chi connectivity index (χ3n) is 3.64. The van der Waals surface area contributed by atoms with E-state index in [-0.39, 0.29) is 5.91 Å². The lowest BCUT2D eigenvalue weighted by Crippen LogP contribution is -2.43. The zero-order valence-corrected chi connectivity index (χ0v) is 12.4. The topological polar surface area (TPSA) is 29.1 Å². The van der Waals surface area contributed by atoms with Crippen molar-refractivity contribution < 1.29 is 4.79 Å². The van der Waals surface area contributed by atoms with Gasteiger partial charge in [-0.2, -0.15) is 0 Å². The van der Waals surface area contributed by atoms with Crippen molar-refractivity contribution in [2.24, 2.45) is 0 Å². The first kappa shape index (κ1) is 13.6. The van der Waals surface area contributed by atoms with Crippen molar-refractivity contribution in [2.75, 3.05) is 0 Å². The van der Waals surface area contributed by atoms with E-state index in [2.05, 4.69) is 34.2 Å². The number of rotatable bonds is 3. The highest BCUT2D eigenvalue weighted by Crippen LogP contribution is 2.24. The fraction of sp³-hybridized carbons (Fsp3) is 0.533. The molecule has 2 nitrogen and oxygen atoms in total. The predicted octanol–water partition coefficient (Wildman–Crippen LogP) is 3.36. The number of carbonyl (C=O) groups excluding carboxylic acids is 1. The number of hydrogen-bond acceptors (Lipinski definition) is 1. The molecule has 1 amide bonds. The lowest BCUT2D eigenvalue weighted by molar-refractivity contribution is -0.121. The SMILES string of the molecule is Cc1ccccc1CC(=O)NC1CCCCC1Br. The molecule has 1 fully saturated rings. The third kappa shape index (κ3) is 3.58. The normalized spacial score (nSPS) is 23.7. The summed E-state index contributed by atoms with van der Waals surface area (Å²) in [7, 11) is 0. The molecular formula is C15H20BrNO. The Labute approximate surface area is 117 Å². The van der Waals surface area contributed by atoms with Crippen molar-refractivity contribution in [3.8, 4) is 0 Å². The third-order valence-corrected chi connectivity index (χ3v) is 4.74. The van der Waals surface area contributed by atoms with Crippen LogP contribution in [-0.2, 0) is 11.2 Å². The predicted molar refractivity (Wildman–Crippen MR) is 78.0 cm³/mol. The summed E-state index contributed by atoms with van der Waals surface area (Å²) >= 11 is 3.67. The molecule has 18 heavy (non-hydrogen) atoms. The van der Waals surface area contributed by atoms with Gasteiger partial charge in [0.25, 0.3) is 0 Å². The van der Waals surface area contributed by atoms with Gasteiger partial charge in [0.1, 0.15) is 0 Å². The molecule has 1 aliphatic rings. The van der Waals surface area contributed by atoms with Gasteiger partial charge < -0.3 is 5.32 Å². The highest BCUT2D eigenvalue weighted by Gasteiger charge is 2.24. The van der Waals surface area contributed by atoms with Crippen molar-refractivity contribution in [1.29, 1.82) is 0 Å². The highest BCUT2D eigenvalue weighted by atomic mass is 79.9. The minimum absolute atomic E-state index is 0.139. The molecule has 0 bridgehead atoms. The Balaban J connectivity index is 1.90. The van der Waals surface area contributed by atoms with Crippen LogP contribution in [0.1, 0.15) is 36.8 Å². The van der Waals surface area contributed by atoms with Crippen molar-refractivity contribution in [3.63, 3.8) is 0 Å². The number of halogens is 1. The number of hydrogen-bond donors (Lipinski definition) is 1. The second kappa shape index (κ2) is 6.37. The molecule has 2 atom stereocenters. The smallest absolute Gasteiger partial charge is 0.224 e. The van der Waals surface area contributed by atoms with E-state index in [1.165, 1.54) is 18.4 Å². The van der Waals surface area contributed by atoms with Gasteiger partial charge in [0, 0.05) is 10.9 Å². The molecule has 1 aromatic carbocycles. The molecule has 0 heterocycles. The van der Waals surface area contributed by atoms with Gasteiger partial charge in [-0.25, -0.2) is 0 Å². The lowest BCUT2D eigenvalue weighted by Gasteiger charge is -2.28. The van der Waals surface area contributed by atoms with E-state index in [1.807, 2.05) is 18.2 Å². The van der Waals surface area contributed by atoms with Gasteiger partial charge in [0.2, 0.25) is 5.91 Å². The monoisotopic (exact) mass is 309 g/mol. The van der Waals surface area contributed by atoms with Crippen LogP contribution in [0.4, 0.5) is 0 Å². The van der Waals surface area contributed by atoms with Crippen LogP contribution in [-0.4, -0.2) is 16.8 Å². The van der Waals surface area contributed by atoms with Crippen LogP contribution in [0.2, 0.25) is 0 Å². The maximum absolute atomic E-state index is 12.0. The summed E-state index contributed by atoms with van der Waals surface area (Å²) in [6, 6.07) is 8.38. The highest BCUT2D eigenvalue weighted by molar-refractivity contribution is 9.09. The van der Waals surface area contributed by atoms with E-state index in [1.54, 1.807) is 0 Å². The second-order valence-electron chi connectivity index (χ2n) is 5.08. The van der Waals surface area contributed by atoms with Crippen LogP contribution in [0.5, 0.6) is 0 Å². The number of carbonyl (C=O) groups is 1. The summed E-state index contributed by atoms with van der Waals surface area (Å²) in [5.74, 6) is 0.139. The standard InChI is InChI=1S/C15H20BrNO/c1-11-6-2-3-7-12(11)10-15(18)17-14-9-5-4-8-13(14)16/h2-3,6-7,13-14H,4-5,8-10H2,1H3,(H,17,18). The first-order valence-corrected chi connectivity index (χ1v) is 7.56. The maximum Gasteiger partial charge on any atom is 0.224 e. The molecule has 2 unspecified atom stereocenters. The average molecular weight is 310 g/mol. The van der Waals surface area contributed by atoms with Crippen LogP contribution >= 0.6 is 15.9 Å². The number of benzene rings is 1. The summed E-state index contributed by atoms with van der Waals surface area (Å²) in [6.45, 7) is 2.05. The van der Waals surface area contributed by atoms with E-state index >= 15 is 0 Å². The Morgan fingerprint density at radius 2 is 2.06 bits per heavy atom. The van der Waals surface area contributed by atoms with Crippen LogP contribution in [0.25, 0.3) is 0 Å². The van der Waals surface area contributed by atoms with Crippen LogP contribution in [0.15, 0.2) is 24.3 Å². The summed E-state index contributed by atoms with van der Waals surface area (Å²) in [5, 5.41) is 3.16. The quantitative estimate of drug-likeness (QED) is 0.852. The van der Waals surface area contributed by atoms with E-state index in [9.17, 15) is 4.79 Å². The van der Waals surface area contributed by atoms with Crippen molar-refractivity contribution >= 4 is 21.8 Å². The van der Waals surface area contributed by atoms with E-state index < -0.39 is 0 Å². The molecular weight excluding hydrogens is 290 g/mol. The molecule has 98 valence electrons. The van der Waals surface area contributed by atoms with Gasteiger partial charge in [0.15, 0.2) is 0 Å². The summed E-state index contributed by atoms with van der Waals surface area (Å²) in [4.78, 5) is 12.5. The van der Waals surface area contributed by atoms with Crippen LogP contribution in [0.3, 0.4) is 0 Å². The number of nitrogens with one attached hydrogen (secondary N) is 1. The molecule has 1 aliphatic carbocycles. The zero-order valence-electron chi connectivity index (χ0n) is 10.8. The van der Waals surface area contributed by atoms with Crippen molar-refractivity contribution in [2.45, 2.75) is 49.9 Å². The molecule has 1 saturated carbocycles. The number of alkyl halides is 1. The Morgan fingerprint density at radius 1 is 1.33 bits per heavy atom. The first-order valence-electron chi connectivity index (χ1n) is 6.65. The van der Waals surface area contributed by atoms with Gasteiger partial charge in [0.05, 0.1) is 6.42 Å². The van der Waals surface area contributed by atoms with Gasteiger partial charge in [-0.05, 0) is 30.9 Å². The van der Waals surface area contributed by atoms with Gasteiger partial charge in [-0.15, -0.1) is 0 Å². The van der Waals surface area contributed by atoms with Gasteiger partial charge in [-0.3, -0.25) is 4.79 Å². The largest absolute Gasteiger partial charge is 0.352 e. The molecule has 3 heteroatoms. The van der Waals surface area contributed by atoms with E-state index in [4.69, 9.17) is 0 Å². The molecule has 0 aliphatic heterocycles. The molecule has 1 aromatic rings. The molecule has 0 aromatic heterocycles. The fourth-order valence-corrected chi connectivity index (χ4v) is 3.21. The summed E-state index contributed by atoms with van der Waals surface area (Å²) < 4.78 is 0. The van der Waals surface area contributed by atoms with Crippen molar-refractivity contribution in [1.82, 2.24) is 5.32 Å². The Bertz CT molecular complexity index is 419. The molecule has 0 radical (unpaired) electrons. The Morgan fingerprint density at radius 3 is 2.78 bits per heavy atom. The Hall–Kier alpha value is -0.830. The number of amides is 1. The van der Waals surface area contributed by atoms with Crippen molar-refractivity contribution in [3.05, 3.63) is 35.4 Å². The first-order chi connectivity index (χ1) is 8.66. The molecule has 0 spiro atoms. The van der Waals surface area contributed by atoms with E-state index in [0.717, 1.165) is 18.4 Å². The molecule has 2 rings (SSSR count). The lowest BCUT2D eigenvalue weighted by atomic mass is 9.95. The second-order valence-corrected chi connectivity index (χ2v) is 6.25. The van der Waals surface area contributed by atoms with Crippen LogP contribution < -0.4 is 5.32 Å². The maximum atomic E-state index is 12.0. The average Bonchev–Trinajstić information content (AvgIpc) is 2.35. The van der Waals surface area contributed by atoms with Gasteiger partial charge >= 0.3 is 0 Å². The Kier molecular flexibility index (Phi) is 4.81. The molecule has 0 saturated heterocycles. The zero-order chi connectivity index (χ0) is 13.0. The minimum Gasteiger partial charge on any atom is -0.352 e. The number of aryl methyl sites for hydroxylation is 1. The summed E-state index contributed by atoms with van der Waals surface area (Å²) in [6.07, 6.45) is 5.23. The van der Waals surface area contributed by atoms with Gasteiger partial charge in [-0.1, -0.05) is 53.0 Å². The minimum atomic E-state index is 0.139. The van der Waals surface area contributed by atoms with Crippen LogP contribution in [0, 0.1) is 6.92 Å². The fourth-order valence-electron chi connectivity index (χ4n) is 2.49. The van der Waals surface area contributed by atoms with E-state index in [0.29, 0.717) is 17.3 Å². The summed E-state index contributed by atoms with van der Waals surface area (Å²) in [5.41, 5.74) is 2.31. The molecule has 1 N–H and O–H groups in total.